The third kappa shape index (κ3) is 2.07. The van der Waals surface area contributed by atoms with E-state index in [1.54, 1.807) is 6.07 Å². The average Bonchev–Trinajstić information content (AvgIpc) is 2.69. The van der Waals surface area contributed by atoms with Crippen molar-refractivity contribution in [2.45, 2.75) is 12.3 Å². The fourth-order valence-electron chi connectivity index (χ4n) is 1.83. The van der Waals surface area contributed by atoms with E-state index in [0.717, 1.165) is 25.6 Å². The van der Waals surface area contributed by atoms with E-state index in [2.05, 4.69) is 10.3 Å². The van der Waals surface area contributed by atoms with Crippen molar-refractivity contribution in [3.8, 4) is 0 Å². The number of pyridine rings is 1. The second-order valence-electron chi connectivity index (χ2n) is 3.68. The molecule has 15 heavy (non-hydrogen) atoms. The van der Waals surface area contributed by atoms with Crippen molar-refractivity contribution < 1.29 is 9.90 Å². The first kappa shape index (κ1) is 9.92. The first-order chi connectivity index (χ1) is 7.16. The minimum atomic E-state index is -1.06. The lowest BCUT2D eigenvalue weighted by molar-refractivity contribution is 0.0696. The fourth-order valence-corrected chi connectivity index (χ4v) is 1.83. The monoisotopic (exact) mass is 208 g/mol. The molecule has 1 aromatic rings. The minimum Gasteiger partial charge on any atom is -0.478 e. The van der Waals surface area contributed by atoms with Gasteiger partial charge in [-0.25, -0.2) is 4.79 Å². The summed E-state index contributed by atoms with van der Waals surface area (Å²) in [5.41, 5.74) is 0.419. The summed E-state index contributed by atoms with van der Waals surface area (Å²) in [4.78, 5) is 24.7. The summed E-state index contributed by atoms with van der Waals surface area (Å²) in [5.74, 6) is -0.842. The Morgan fingerprint density at radius 1 is 1.47 bits per heavy atom. The van der Waals surface area contributed by atoms with Gasteiger partial charge in [0.05, 0.1) is 5.56 Å². The van der Waals surface area contributed by atoms with Crippen molar-refractivity contribution in [3.63, 3.8) is 0 Å². The van der Waals surface area contributed by atoms with Crippen molar-refractivity contribution in [3.05, 3.63) is 33.7 Å². The zero-order valence-electron chi connectivity index (χ0n) is 8.12. The Morgan fingerprint density at radius 2 is 2.27 bits per heavy atom. The van der Waals surface area contributed by atoms with E-state index < -0.39 is 5.97 Å². The third-order valence-corrected chi connectivity index (χ3v) is 2.61. The summed E-state index contributed by atoms with van der Waals surface area (Å²) in [6.45, 7) is 1.70. The standard InChI is InChI=1S/C10H12N2O3/c13-9-4-7(10(14)15)3-8(12-9)6-1-2-11-5-6/h3-4,6,11H,1-2,5H2,(H,12,13)(H,14,15). The average molecular weight is 208 g/mol. The Balaban J connectivity index is 2.38. The predicted molar refractivity (Wildman–Crippen MR) is 54.2 cm³/mol. The number of carboxylic acid groups (broad SMARTS) is 1. The number of hydrogen-bond donors (Lipinski definition) is 3. The summed E-state index contributed by atoms with van der Waals surface area (Å²) >= 11 is 0. The van der Waals surface area contributed by atoms with Gasteiger partial charge in [0.15, 0.2) is 0 Å². The highest BCUT2D eigenvalue weighted by Crippen LogP contribution is 2.19. The van der Waals surface area contributed by atoms with E-state index in [4.69, 9.17) is 5.11 Å². The van der Waals surface area contributed by atoms with Crippen LogP contribution in [0.15, 0.2) is 16.9 Å². The Hall–Kier alpha value is -1.62. The zero-order chi connectivity index (χ0) is 10.8. The van der Waals surface area contributed by atoms with Gasteiger partial charge in [-0.3, -0.25) is 4.79 Å². The molecule has 0 bridgehead atoms. The van der Waals surface area contributed by atoms with Gasteiger partial charge in [0.1, 0.15) is 0 Å². The van der Waals surface area contributed by atoms with Crippen LogP contribution in [0.5, 0.6) is 0 Å². The molecule has 0 saturated carbocycles. The van der Waals surface area contributed by atoms with Crippen LogP contribution < -0.4 is 10.9 Å². The van der Waals surface area contributed by atoms with E-state index >= 15 is 0 Å². The summed E-state index contributed by atoms with van der Waals surface area (Å²) in [7, 11) is 0. The van der Waals surface area contributed by atoms with Gasteiger partial charge in [-0.15, -0.1) is 0 Å². The molecule has 2 heterocycles. The highest BCUT2D eigenvalue weighted by atomic mass is 16.4. The van der Waals surface area contributed by atoms with Crippen LogP contribution in [0.4, 0.5) is 0 Å². The molecule has 1 unspecified atom stereocenters. The lowest BCUT2D eigenvalue weighted by Crippen LogP contribution is -2.16. The first-order valence-electron chi connectivity index (χ1n) is 4.85. The van der Waals surface area contributed by atoms with Gasteiger partial charge < -0.3 is 15.4 Å². The molecule has 1 aliphatic heterocycles. The number of aromatic nitrogens is 1. The van der Waals surface area contributed by atoms with Crippen molar-refractivity contribution in [2.75, 3.05) is 13.1 Å². The number of aromatic amines is 1. The smallest absolute Gasteiger partial charge is 0.335 e. The Labute approximate surface area is 86.1 Å². The third-order valence-electron chi connectivity index (χ3n) is 2.61. The number of nitrogens with one attached hydrogen (secondary N) is 2. The van der Waals surface area contributed by atoms with Gasteiger partial charge in [0.2, 0.25) is 5.56 Å². The highest BCUT2D eigenvalue weighted by Gasteiger charge is 2.18. The minimum absolute atomic E-state index is 0.0562. The molecule has 0 radical (unpaired) electrons. The van der Waals surface area contributed by atoms with E-state index in [1.165, 1.54) is 0 Å². The second-order valence-corrected chi connectivity index (χ2v) is 3.68. The SMILES string of the molecule is O=C(O)c1cc(C2CCNC2)[nH]c(=O)c1. The quantitative estimate of drug-likeness (QED) is 0.646. The van der Waals surface area contributed by atoms with Crippen LogP contribution in [-0.4, -0.2) is 29.1 Å². The van der Waals surface area contributed by atoms with Gasteiger partial charge in [0.25, 0.3) is 0 Å². The fraction of sp³-hybridized carbons (Fsp3) is 0.400. The maximum Gasteiger partial charge on any atom is 0.335 e. The molecule has 5 heteroatoms. The largest absolute Gasteiger partial charge is 0.478 e. The number of rotatable bonds is 2. The Bertz CT molecular complexity index is 433. The van der Waals surface area contributed by atoms with Crippen LogP contribution in [0.2, 0.25) is 0 Å². The maximum absolute atomic E-state index is 11.2. The first-order valence-corrected chi connectivity index (χ1v) is 4.85. The topological polar surface area (TPSA) is 82.2 Å². The van der Waals surface area contributed by atoms with Crippen LogP contribution >= 0.6 is 0 Å². The van der Waals surface area contributed by atoms with Gasteiger partial charge in [0, 0.05) is 24.2 Å². The molecule has 0 spiro atoms. The summed E-state index contributed by atoms with van der Waals surface area (Å²) in [6, 6.07) is 2.65. The Kier molecular flexibility index (Phi) is 2.55. The van der Waals surface area contributed by atoms with Crippen LogP contribution in [0.1, 0.15) is 28.4 Å². The summed E-state index contributed by atoms with van der Waals surface area (Å²) in [6.07, 6.45) is 0.930. The number of carboxylic acids is 1. The zero-order valence-corrected chi connectivity index (χ0v) is 8.12. The van der Waals surface area contributed by atoms with Crippen LogP contribution in [0.3, 0.4) is 0 Å². The lowest BCUT2D eigenvalue weighted by Gasteiger charge is -2.08. The van der Waals surface area contributed by atoms with Crippen LogP contribution in [0, 0.1) is 0 Å². The summed E-state index contributed by atoms with van der Waals surface area (Å²) < 4.78 is 0. The van der Waals surface area contributed by atoms with Gasteiger partial charge in [-0.05, 0) is 19.0 Å². The number of aromatic carboxylic acids is 1. The summed E-state index contributed by atoms with van der Waals surface area (Å²) in [5, 5.41) is 12.0. The molecular weight excluding hydrogens is 196 g/mol. The molecule has 0 aliphatic carbocycles. The van der Waals surface area contributed by atoms with Crippen molar-refractivity contribution >= 4 is 5.97 Å². The number of hydrogen-bond acceptors (Lipinski definition) is 3. The van der Waals surface area contributed by atoms with Crippen LogP contribution in [-0.2, 0) is 0 Å². The van der Waals surface area contributed by atoms with Gasteiger partial charge in [-0.1, -0.05) is 0 Å². The van der Waals surface area contributed by atoms with Crippen LogP contribution in [0.25, 0.3) is 0 Å². The molecule has 2 rings (SSSR count). The molecule has 1 aliphatic rings. The predicted octanol–water partition coefficient (Wildman–Crippen LogP) is 0.150. The lowest BCUT2D eigenvalue weighted by atomic mass is 10.0. The highest BCUT2D eigenvalue weighted by molar-refractivity contribution is 5.87. The molecule has 3 N–H and O–H groups in total. The molecule has 1 aromatic heterocycles. The normalized spacial score (nSPS) is 20.4. The number of H-pyrrole nitrogens is 1. The number of carbonyl (C=O) groups is 1. The van der Waals surface area contributed by atoms with E-state index in [9.17, 15) is 9.59 Å². The molecule has 5 nitrogen and oxygen atoms in total. The van der Waals surface area contributed by atoms with Crippen molar-refractivity contribution in [1.29, 1.82) is 0 Å². The van der Waals surface area contributed by atoms with Crippen molar-refractivity contribution in [2.24, 2.45) is 0 Å². The Morgan fingerprint density at radius 3 is 2.87 bits per heavy atom. The molecule has 0 amide bonds. The molecule has 0 aromatic carbocycles. The second kappa shape index (κ2) is 3.86. The van der Waals surface area contributed by atoms with E-state index in [1.807, 2.05) is 0 Å². The molecule has 1 atom stereocenters. The van der Waals surface area contributed by atoms with Crippen molar-refractivity contribution in [1.82, 2.24) is 10.3 Å². The van der Waals surface area contributed by atoms with Gasteiger partial charge >= 0.3 is 5.97 Å². The van der Waals surface area contributed by atoms with Gasteiger partial charge in [-0.2, -0.15) is 0 Å². The van der Waals surface area contributed by atoms with E-state index in [0.29, 0.717) is 5.69 Å². The molecule has 80 valence electrons. The molecule has 1 saturated heterocycles. The molecule has 1 fully saturated rings. The molecular formula is C10H12N2O3. The van der Waals surface area contributed by atoms with E-state index in [-0.39, 0.29) is 17.0 Å². The maximum atomic E-state index is 11.2.